The van der Waals surface area contributed by atoms with Gasteiger partial charge in [-0.05, 0) is 42.7 Å². The Labute approximate surface area is 186 Å². The Morgan fingerprint density at radius 3 is 2.19 bits per heavy atom. The van der Waals surface area contributed by atoms with Crippen LogP contribution < -0.4 is 16.0 Å². The third kappa shape index (κ3) is 4.64. The van der Waals surface area contributed by atoms with Gasteiger partial charge in [0, 0.05) is 37.4 Å². The highest BCUT2D eigenvalue weighted by Crippen LogP contribution is 2.30. The number of imide groups is 1. The van der Waals surface area contributed by atoms with Crippen molar-refractivity contribution in [3.05, 3.63) is 59.7 Å². The van der Waals surface area contributed by atoms with Crippen LogP contribution >= 0.6 is 0 Å². The molecule has 2 heterocycles. The van der Waals surface area contributed by atoms with Crippen LogP contribution in [0.15, 0.2) is 48.5 Å². The molecule has 2 fully saturated rings. The lowest BCUT2D eigenvalue weighted by atomic mass is 9.96. The monoisotopic (exact) mass is 434 g/mol. The van der Waals surface area contributed by atoms with Gasteiger partial charge in [-0.25, -0.2) is 0 Å². The fourth-order valence-corrected chi connectivity index (χ4v) is 4.20. The molecule has 8 heteroatoms. The Balaban J connectivity index is 1.42. The number of benzene rings is 2. The molecule has 8 nitrogen and oxygen atoms in total. The minimum Gasteiger partial charge on any atom is -0.370 e. The molecule has 0 unspecified atom stereocenters. The molecule has 0 spiro atoms. The van der Waals surface area contributed by atoms with Gasteiger partial charge in [-0.2, -0.15) is 0 Å². The third-order valence-electron chi connectivity index (χ3n) is 6.10. The summed E-state index contributed by atoms with van der Waals surface area (Å²) in [5.41, 5.74) is 8.32. The minimum absolute atomic E-state index is 0.0994. The molecule has 2 aromatic rings. The maximum atomic E-state index is 12.8. The second kappa shape index (κ2) is 9.21. The Morgan fingerprint density at radius 1 is 0.938 bits per heavy atom. The highest BCUT2D eigenvalue weighted by atomic mass is 16.2. The van der Waals surface area contributed by atoms with E-state index in [1.54, 1.807) is 24.3 Å². The summed E-state index contributed by atoms with van der Waals surface area (Å²) in [6, 6.07) is 14.5. The first kappa shape index (κ1) is 21.5. The van der Waals surface area contributed by atoms with Crippen LogP contribution in [0.25, 0.3) is 0 Å². The van der Waals surface area contributed by atoms with Crippen molar-refractivity contribution in [2.75, 3.05) is 23.3 Å². The first-order valence-corrected chi connectivity index (χ1v) is 10.8. The molecule has 0 saturated carbocycles. The quantitative estimate of drug-likeness (QED) is 0.678. The summed E-state index contributed by atoms with van der Waals surface area (Å²) >= 11 is 0. The molecule has 166 valence electrons. The minimum atomic E-state index is -0.256. The van der Waals surface area contributed by atoms with Crippen LogP contribution in [0.4, 0.5) is 11.4 Å². The number of piperidine rings is 1. The zero-order chi connectivity index (χ0) is 22.7. The Kier molecular flexibility index (Phi) is 6.20. The number of likely N-dealkylation sites (tertiary alicyclic amines) is 1. The number of carbonyl (C=O) groups is 4. The maximum Gasteiger partial charge on any atom is 0.255 e. The number of para-hydroxylation sites is 2. The number of nitrogens with one attached hydrogen (secondary N) is 1. The number of hydrogen-bond donors (Lipinski definition) is 2. The number of primary amides is 1. The lowest BCUT2D eigenvalue weighted by Gasteiger charge is -2.33. The topological polar surface area (TPSA) is 113 Å². The van der Waals surface area contributed by atoms with Gasteiger partial charge in [0.25, 0.3) is 5.91 Å². The van der Waals surface area contributed by atoms with Gasteiger partial charge in [-0.3, -0.25) is 24.1 Å². The summed E-state index contributed by atoms with van der Waals surface area (Å²) < 4.78 is 0. The molecule has 4 amide bonds. The lowest BCUT2D eigenvalue weighted by molar-refractivity contribution is -0.139. The van der Waals surface area contributed by atoms with E-state index in [4.69, 9.17) is 5.73 Å². The van der Waals surface area contributed by atoms with E-state index in [0.717, 1.165) is 11.3 Å². The summed E-state index contributed by atoms with van der Waals surface area (Å²) in [6.45, 7) is 1.62. The van der Waals surface area contributed by atoms with Crippen molar-refractivity contribution in [1.82, 2.24) is 4.90 Å². The van der Waals surface area contributed by atoms with E-state index in [9.17, 15) is 19.2 Å². The van der Waals surface area contributed by atoms with Gasteiger partial charge in [0.05, 0.1) is 17.9 Å². The average molecular weight is 434 g/mol. The first-order valence-electron chi connectivity index (χ1n) is 10.8. The normalized spacial score (nSPS) is 17.0. The SMILES string of the molecule is NC(=O)C1CCN(c2ccccc2NC(=O)c2ccc(CN3C(=O)CCC3=O)cc2)CC1. The Morgan fingerprint density at radius 2 is 1.56 bits per heavy atom. The second-order valence-electron chi connectivity index (χ2n) is 8.21. The highest BCUT2D eigenvalue weighted by molar-refractivity contribution is 6.06. The van der Waals surface area contributed by atoms with Gasteiger partial charge < -0.3 is 16.0 Å². The molecule has 2 aromatic carbocycles. The summed E-state index contributed by atoms with van der Waals surface area (Å²) in [5, 5.41) is 2.97. The van der Waals surface area contributed by atoms with Gasteiger partial charge >= 0.3 is 0 Å². The third-order valence-corrected chi connectivity index (χ3v) is 6.10. The largest absolute Gasteiger partial charge is 0.370 e. The molecule has 2 saturated heterocycles. The first-order chi connectivity index (χ1) is 15.4. The fourth-order valence-electron chi connectivity index (χ4n) is 4.20. The molecule has 4 rings (SSSR count). The fraction of sp³-hybridized carbons (Fsp3) is 0.333. The van der Waals surface area contributed by atoms with Crippen molar-refractivity contribution in [3.8, 4) is 0 Å². The van der Waals surface area contributed by atoms with E-state index in [1.165, 1.54) is 4.90 Å². The molecular formula is C24H26N4O4. The van der Waals surface area contributed by atoms with Gasteiger partial charge in [0.1, 0.15) is 0 Å². The maximum absolute atomic E-state index is 12.8. The van der Waals surface area contributed by atoms with Crippen LogP contribution in [0.5, 0.6) is 0 Å². The van der Waals surface area contributed by atoms with Gasteiger partial charge in [0.2, 0.25) is 17.7 Å². The number of hydrogen-bond acceptors (Lipinski definition) is 5. The number of nitrogens with two attached hydrogens (primary N) is 1. The summed E-state index contributed by atoms with van der Waals surface area (Å²) in [7, 11) is 0. The molecular weight excluding hydrogens is 408 g/mol. The zero-order valence-electron chi connectivity index (χ0n) is 17.8. The van der Waals surface area contributed by atoms with Crippen molar-refractivity contribution in [2.24, 2.45) is 11.7 Å². The predicted molar refractivity (Wildman–Crippen MR) is 120 cm³/mol. The zero-order valence-corrected chi connectivity index (χ0v) is 17.8. The van der Waals surface area contributed by atoms with Crippen LogP contribution in [0.2, 0.25) is 0 Å². The van der Waals surface area contributed by atoms with Crippen molar-refractivity contribution >= 4 is 35.0 Å². The molecule has 0 atom stereocenters. The van der Waals surface area contributed by atoms with E-state index in [-0.39, 0.29) is 48.9 Å². The van der Waals surface area contributed by atoms with Gasteiger partial charge in [-0.15, -0.1) is 0 Å². The Hall–Kier alpha value is -3.68. The molecule has 3 N–H and O–H groups in total. The number of nitrogens with zero attached hydrogens (tertiary/aromatic N) is 2. The van der Waals surface area contributed by atoms with Crippen molar-refractivity contribution in [2.45, 2.75) is 32.2 Å². The number of anilines is 2. The number of amides is 4. The summed E-state index contributed by atoms with van der Waals surface area (Å²) in [6.07, 6.45) is 1.92. The van der Waals surface area contributed by atoms with E-state index >= 15 is 0 Å². The number of rotatable bonds is 6. The van der Waals surface area contributed by atoms with Gasteiger partial charge in [-0.1, -0.05) is 24.3 Å². The summed E-state index contributed by atoms with van der Waals surface area (Å²) in [4.78, 5) is 51.3. The van der Waals surface area contributed by atoms with Crippen LogP contribution in [-0.4, -0.2) is 41.6 Å². The van der Waals surface area contributed by atoms with E-state index in [0.29, 0.717) is 37.2 Å². The van der Waals surface area contributed by atoms with Crippen molar-refractivity contribution in [1.29, 1.82) is 0 Å². The molecule has 0 radical (unpaired) electrons. The predicted octanol–water partition coefficient (Wildman–Crippen LogP) is 2.29. The lowest BCUT2D eigenvalue weighted by Crippen LogP contribution is -2.38. The van der Waals surface area contributed by atoms with Crippen molar-refractivity contribution < 1.29 is 19.2 Å². The van der Waals surface area contributed by atoms with Crippen LogP contribution in [-0.2, 0) is 20.9 Å². The van der Waals surface area contributed by atoms with Crippen LogP contribution in [0.1, 0.15) is 41.6 Å². The van der Waals surface area contributed by atoms with Crippen LogP contribution in [0, 0.1) is 5.92 Å². The van der Waals surface area contributed by atoms with E-state index in [2.05, 4.69) is 10.2 Å². The average Bonchev–Trinajstić information content (AvgIpc) is 3.12. The van der Waals surface area contributed by atoms with Gasteiger partial charge in [0.15, 0.2) is 0 Å². The molecule has 2 aliphatic heterocycles. The molecule has 32 heavy (non-hydrogen) atoms. The Bertz CT molecular complexity index is 1030. The second-order valence-corrected chi connectivity index (χ2v) is 8.21. The standard InChI is InChI=1S/C24H26N4O4/c25-23(31)17-11-13-27(14-12-17)20-4-2-1-3-19(20)26-24(32)18-7-5-16(6-8-18)15-28-21(29)9-10-22(28)30/h1-8,17H,9-15H2,(H2,25,31)(H,26,32). The highest BCUT2D eigenvalue weighted by Gasteiger charge is 2.28. The van der Waals surface area contributed by atoms with Crippen LogP contribution in [0.3, 0.4) is 0 Å². The smallest absolute Gasteiger partial charge is 0.255 e. The van der Waals surface area contributed by atoms with E-state index < -0.39 is 0 Å². The molecule has 0 aliphatic carbocycles. The molecule has 0 aromatic heterocycles. The molecule has 2 aliphatic rings. The summed E-state index contributed by atoms with van der Waals surface area (Å²) in [5.74, 6) is -0.920. The number of carbonyl (C=O) groups excluding carboxylic acids is 4. The molecule has 0 bridgehead atoms. The van der Waals surface area contributed by atoms with Crippen molar-refractivity contribution in [3.63, 3.8) is 0 Å². The van der Waals surface area contributed by atoms with E-state index in [1.807, 2.05) is 24.3 Å².